The smallest absolute Gasteiger partial charge is 0.191 e. The second kappa shape index (κ2) is 15.1. The van der Waals surface area contributed by atoms with Gasteiger partial charge in [0.1, 0.15) is 12.4 Å². The number of aromatic nitrogens is 3. The van der Waals surface area contributed by atoms with Crippen LogP contribution in [0.1, 0.15) is 24.5 Å². The van der Waals surface area contributed by atoms with E-state index in [4.69, 9.17) is 9.73 Å². The van der Waals surface area contributed by atoms with E-state index in [2.05, 4.69) is 61.9 Å². The van der Waals surface area contributed by atoms with E-state index < -0.39 is 0 Å². The molecule has 1 saturated heterocycles. The molecule has 0 atom stereocenters. The minimum atomic E-state index is 0. The van der Waals surface area contributed by atoms with E-state index in [-0.39, 0.29) is 24.0 Å². The normalized spacial score (nSPS) is 14.6. The van der Waals surface area contributed by atoms with E-state index in [0.717, 1.165) is 82.9 Å². The van der Waals surface area contributed by atoms with Gasteiger partial charge >= 0.3 is 0 Å². The molecule has 10 heteroatoms. The minimum Gasteiger partial charge on any atom is -0.379 e. The van der Waals surface area contributed by atoms with Crippen molar-refractivity contribution in [3.63, 3.8) is 0 Å². The van der Waals surface area contributed by atoms with E-state index in [9.17, 15) is 0 Å². The van der Waals surface area contributed by atoms with Gasteiger partial charge in [-0.05, 0) is 38.4 Å². The zero-order chi connectivity index (χ0) is 22.6. The predicted octanol–water partition coefficient (Wildman–Crippen LogP) is 2.03. The van der Waals surface area contributed by atoms with Crippen molar-refractivity contribution in [2.75, 3.05) is 64.4 Å². The lowest BCUT2D eigenvalue weighted by Gasteiger charge is -2.26. The fourth-order valence-electron chi connectivity index (χ4n) is 3.58. The summed E-state index contributed by atoms with van der Waals surface area (Å²) in [4.78, 5) is 9.48. The summed E-state index contributed by atoms with van der Waals surface area (Å²) in [7, 11) is 4.10. The van der Waals surface area contributed by atoms with Crippen LogP contribution in [0, 0.1) is 6.92 Å². The summed E-state index contributed by atoms with van der Waals surface area (Å²) >= 11 is 0. The summed E-state index contributed by atoms with van der Waals surface area (Å²) in [5.74, 6) is 2.59. The zero-order valence-corrected chi connectivity index (χ0v) is 22.5. The molecule has 0 spiro atoms. The van der Waals surface area contributed by atoms with Crippen molar-refractivity contribution >= 4 is 35.6 Å². The number of aryl methyl sites for hydroxylation is 1. The number of morpholine rings is 1. The van der Waals surface area contributed by atoms with Crippen LogP contribution in [0.3, 0.4) is 0 Å². The van der Waals surface area contributed by atoms with Crippen LogP contribution in [0.2, 0.25) is 0 Å². The van der Waals surface area contributed by atoms with Crippen molar-refractivity contribution in [1.29, 1.82) is 0 Å². The van der Waals surface area contributed by atoms with Gasteiger partial charge < -0.3 is 24.8 Å². The number of guanidine groups is 1. The number of aliphatic imine (C=N–C) groups is 1. The summed E-state index contributed by atoms with van der Waals surface area (Å²) in [5.41, 5.74) is 1.24. The van der Waals surface area contributed by atoms with Gasteiger partial charge in [-0.1, -0.05) is 18.2 Å². The van der Waals surface area contributed by atoms with Crippen molar-refractivity contribution in [2.24, 2.45) is 12.0 Å². The van der Waals surface area contributed by atoms with Gasteiger partial charge in [-0.2, -0.15) is 0 Å². The Kier molecular flexibility index (Phi) is 12.5. The molecule has 0 bridgehead atoms. The lowest BCUT2D eigenvalue weighted by Crippen LogP contribution is -2.41. The third-order valence-electron chi connectivity index (χ3n) is 5.77. The van der Waals surface area contributed by atoms with Crippen molar-refractivity contribution in [3.05, 3.63) is 42.0 Å². The van der Waals surface area contributed by atoms with Gasteiger partial charge in [0.05, 0.1) is 13.2 Å². The van der Waals surface area contributed by atoms with E-state index in [1.165, 1.54) is 5.69 Å². The SMILES string of the molecule is Cc1nnc(CN=C(NCCCN2CCOCC2)NCCCN(C)c2ccccc2)n1C.I. The van der Waals surface area contributed by atoms with Crippen LogP contribution in [0.15, 0.2) is 35.3 Å². The number of anilines is 1. The third-order valence-corrected chi connectivity index (χ3v) is 5.77. The van der Waals surface area contributed by atoms with Gasteiger partial charge in [0.15, 0.2) is 11.8 Å². The van der Waals surface area contributed by atoms with Crippen LogP contribution in [0.5, 0.6) is 0 Å². The Labute approximate surface area is 215 Å². The topological polar surface area (TPSA) is 82.8 Å². The van der Waals surface area contributed by atoms with Crippen LogP contribution < -0.4 is 15.5 Å². The maximum absolute atomic E-state index is 5.43. The van der Waals surface area contributed by atoms with Crippen LogP contribution in [0.4, 0.5) is 5.69 Å². The average molecular weight is 571 g/mol. The molecule has 184 valence electrons. The first kappa shape index (κ1) is 27.3. The highest BCUT2D eigenvalue weighted by atomic mass is 127. The van der Waals surface area contributed by atoms with Crippen LogP contribution in [0.25, 0.3) is 0 Å². The highest BCUT2D eigenvalue weighted by Crippen LogP contribution is 2.10. The average Bonchev–Trinajstić information content (AvgIpc) is 3.15. The van der Waals surface area contributed by atoms with E-state index >= 15 is 0 Å². The summed E-state index contributed by atoms with van der Waals surface area (Å²) < 4.78 is 7.41. The number of ether oxygens (including phenoxy) is 1. The van der Waals surface area contributed by atoms with Crippen molar-refractivity contribution in [2.45, 2.75) is 26.3 Å². The second-order valence-corrected chi connectivity index (χ2v) is 8.16. The molecule has 2 heterocycles. The largest absolute Gasteiger partial charge is 0.379 e. The van der Waals surface area contributed by atoms with Crippen molar-refractivity contribution < 1.29 is 4.74 Å². The highest BCUT2D eigenvalue weighted by molar-refractivity contribution is 14.0. The molecule has 0 radical (unpaired) electrons. The number of hydrogen-bond donors (Lipinski definition) is 2. The number of halogens is 1. The molecule has 0 aliphatic carbocycles. The summed E-state index contributed by atoms with van der Waals surface area (Å²) in [6.07, 6.45) is 2.09. The molecule has 3 rings (SSSR count). The van der Waals surface area contributed by atoms with Crippen molar-refractivity contribution in [1.82, 2.24) is 30.3 Å². The lowest BCUT2D eigenvalue weighted by molar-refractivity contribution is 0.0376. The Morgan fingerprint density at radius 2 is 1.79 bits per heavy atom. The number of hydrogen-bond acceptors (Lipinski definition) is 6. The molecular formula is C23H39IN8O. The maximum Gasteiger partial charge on any atom is 0.191 e. The molecule has 1 aromatic heterocycles. The number of benzene rings is 1. The molecule has 1 aromatic carbocycles. The van der Waals surface area contributed by atoms with Crippen LogP contribution in [-0.2, 0) is 18.3 Å². The summed E-state index contributed by atoms with van der Waals surface area (Å²) in [6, 6.07) is 10.5. The predicted molar refractivity (Wildman–Crippen MR) is 145 cm³/mol. The highest BCUT2D eigenvalue weighted by Gasteiger charge is 2.10. The summed E-state index contributed by atoms with van der Waals surface area (Å²) in [6.45, 7) is 9.98. The minimum absolute atomic E-state index is 0. The number of para-hydroxylation sites is 1. The van der Waals surface area contributed by atoms with Crippen LogP contribution >= 0.6 is 24.0 Å². The van der Waals surface area contributed by atoms with Crippen molar-refractivity contribution in [3.8, 4) is 0 Å². The van der Waals surface area contributed by atoms with Gasteiger partial charge in [-0.3, -0.25) is 4.90 Å². The van der Waals surface area contributed by atoms with Crippen LogP contribution in [-0.4, -0.2) is 85.2 Å². The Bertz CT molecular complexity index is 823. The van der Waals surface area contributed by atoms with Gasteiger partial charge in [0, 0.05) is 52.5 Å². The molecule has 9 nitrogen and oxygen atoms in total. The fourth-order valence-corrected chi connectivity index (χ4v) is 3.58. The quantitative estimate of drug-likeness (QED) is 0.185. The Morgan fingerprint density at radius 3 is 2.45 bits per heavy atom. The standard InChI is InChI=1S/C23H38N8O.HI/c1-20-27-28-22(30(20)3)19-26-23(25-12-8-14-31-15-17-32-18-16-31)24-11-7-13-29(2)21-9-5-4-6-10-21;/h4-6,9-10H,7-8,11-19H2,1-3H3,(H2,24,25,26);1H. The van der Waals surface area contributed by atoms with E-state index in [1.807, 2.05) is 24.6 Å². The van der Waals surface area contributed by atoms with Gasteiger partial charge in [-0.15, -0.1) is 34.2 Å². The molecular weight excluding hydrogens is 531 g/mol. The molecule has 0 saturated carbocycles. The molecule has 33 heavy (non-hydrogen) atoms. The molecule has 0 amide bonds. The molecule has 2 aromatic rings. The lowest BCUT2D eigenvalue weighted by atomic mass is 10.3. The fraction of sp³-hybridized carbons (Fsp3) is 0.609. The number of nitrogens with zero attached hydrogens (tertiary/aromatic N) is 6. The molecule has 2 N–H and O–H groups in total. The Morgan fingerprint density at radius 1 is 1.09 bits per heavy atom. The number of rotatable bonds is 11. The molecule has 1 aliphatic heterocycles. The van der Waals surface area contributed by atoms with E-state index in [0.29, 0.717) is 6.54 Å². The first-order valence-corrected chi connectivity index (χ1v) is 11.6. The molecule has 1 fully saturated rings. The molecule has 1 aliphatic rings. The monoisotopic (exact) mass is 570 g/mol. The van der Waals surface area contributed by atoms with E-state index in [1.54, 1.807) is 0 Å². The van der Waals surface area contributed by atoms with Gasteiger partial charge in [0.2, 0.25) is 0 Å². The van der Waals surface area contributed by atoms with Gasteiger partial charge in [0.25, 0.3) is 0 Å². The summed E-state index contributed by atoms with van der Waals surface area (Å²) in [5, 5.41) is 15.3. The van der Waals surface area contributed by atoms with Gasteiger partial charge in [-0.25, -0.2) is 4.99 Å². The first-order chi connectivity index (χ1) is 15.6. The maximum atomic E-state index is 5.43. The Hall–Kier alpha value is -1.92. The first-order valence-electron chi connectivity index (χ1n) is 11.6. The second-order valence-electron chi connectivity index (χ2n) is 8.16. The number of nitrogens with one attached hydrogen (secondary N) is 2. The Balaban J connectivity index is 0.00000385. The zero-order valence-electron chi connectivity index (χ0n) is 20.2. The third kappa shape index (κ3) is 9.46. The molecule has 0 unspecified atom stereocenters.